The molecule has 1 aromatic carbocycles. The van der Waals surface area contributed by atoms with Gasteiger partial charge in [-0.1, -0.05) is 48.2 Å². The zero-order chi connectivity index (χ0) is 13.8. The van der Waals surface area contributed by atoms with E-state index in [0.29, 0.717) is 6.04 Å². The van der Waals surface area contributed by atoms with Crippen molar-refractivity contribution in [2.45, 2.75) is 29.2 Å². The van der Waals surface area contributed by atoms with Crippen molar-refractivity contribution in [2.24, 2.45) is 0 Å². The van der Waals surface area contributed by atoms with Crippen molar-refractivity contribution in [1.29, 1.82) is 0 Å². The molecule has 1 atom stereocenters. The summed E-state index contributed by atoms with van der Waals surface area (Å²) in [6.45, 7) is 0. The molecule has 1 fully saturated rings. The van der Waals surface area contributed by atoms with Crippen LogP contribution >= 0.6 is 11.8 Å². The van der Waals surface area contributed by atoms with Gasteiger partial charge in [0.25, 0.3) is 0 Å². The molecular formula is C16H16N2OS. The minimum Gasteiger partial charge on any atom is -0.352 e. The highest BCUT2D eigenvalue weighted by atomic mass is 32.2. The Morgan fingerprint density at radius 1 is 1.15 bits per heavy atom. The summed E-state index contributed by atoms with van der Waals surface area (Å²) < 4.78 is 0. The van der Waals surface area contributed by atoms with E-state index in [1.165, 1.54) is 11.8 Å². The summed E-state index contributed by atoms with van der Waals surface area (Å²) >= 11 is 1.50. The summed E-state index contributed by atoms with van der Waals surface area (Å²) in [7, 11) is 0. The molecule has 0 spiro atoms. The molecule has 0 unspecified atom stereocenters. The highest BCUT2D eigenvalue weighted by Crippen LogP contribution is 2.35. The molecule has 20 heavy (non-hydrogen) atoms. The molecular weight excluding hydrogens is 268 g/mol. The molecule has 0 aliphatic heterocycles. The summed E-state index contributed by atoms with van der Waals surface area (Å²) in [5.41, 5.74) is 1.02. The molecule has 1 aliphatic rings. The van der Waals surface area contributed by atoms with Crippen molar-refractivity contribution < 1.29 is 4.79 Å². The number of aromatic nitrogens is 1. The summed E-state index contributed by atoms with van der Waals surface area (Å²) in [6, 6.07) is 16.0. The lowest BCUT2D eigenvalue weighted by atomic mass is 10.1. The fourth-order valence-corrected chi connectivity index (χ4v) is 2.93. The van der Waals surface area contributed by atoms with Crippen LogP contribution in [0.2, 0.25) is 0 Å². The van der Waals surface area contributed by atoms with Crippen molar-refractivity contribution >= 4 is 17.7 Å². The van der Waals surface area contributed by atoms with Crippen LogP contribution in [0.25, 0.3) is 0 Å². The Balaban J connectivity index is 1.81. The molecule has 1 amide bonds. The molecule has 0 saturated heterocycles. The van der Waals surface area contributed by atoms with E-state index >= 15 is 0 Å². The van der Waals surface area contributed by atoms with Crippen LogP contribution in [-0.4, -0.2) is 16.9 Å². The normalized spacial score (nSPS) is 15.6. The van der Waals surface area contributed by atoms with Gasteiger partial charge in [0.15, 0.2) is 0 Å². The first-order valence-electron chi connectivity index (χ1n) is 6.76. The van der Waals surface area contributed by atoms with Crippen LogP contribution in [0.1, 0.15) is 23.7 Å². The Labute approximate surface area is 122 Å². The number of rotatable bonds is 5. The standard InChI is InChI=1S/C16H16N2OS/c19-16(18-13-9-10-13)15(12-6-2-1-3-7-12)20-14-8-4-5-11-17-14/h1-8,11,13,15H,9-10H2,(H,18,19)/t15-/m0/s1. The van der Waals surface area contributed by atoms with Crippen LogP contribution in [0.5, 0.6) is 0 Å². The number of carbonyl (C=O) groups excluding carboxylic acids is 1. The lowest BCUT2D eigenvalue weighted by molar-refractivity contribution is -0.120. The number of hydrogen-bond acceptors (Lipinski definition) is 3. The fourth-order valence-electron chi connectivity index (χ4n) is 1.94. The first-order valence-corrected chi connectivity index (χ1v) is 7.64. The number of amides is 1. The first kappa shape index (κ1) is 13.2. The molecule has 2 aromatic rings. The van der Waals surface area contributed by atoms with Gasteiger partial charge < -0.3 is 5.32 Å². The Hall–Kier alpha value is -1.81. The Kier molecular flexibility index (Phi) is 4.02. The lowest BCUT2D eigenvalue weighted by Crippen LogP contribution is -2.29. The summed E-state index contributed by atoms with van der Waals surface area (Å²) in [6.07, 6.45) is 3.95. The molecule has 1 aromatic heterocycles. The van der Waals surface area contributed by atoms with Crippen LogP contribution in [0.3, 0.4) is 0 Å². The van der Waals surface area contributed by atoms with E-state index in [4.69, 9.17) is 0 Å². The zero-order valence-electron chi connectivity index (χ0n) is 11.0. The molecule has 0 bridgehead atoms. The fraction of sp³-hybridized carbons (Fsp3) is 0.250. The minimum absolute atomic E-state index is 0.0781. The third-order valence-corrected chi connectivity index (χ3v) is 4.35. The number of pyridine rings is 1. The van der Waals surface area contributed by atoms with Crippen molar-refractivity contribution in [3.63, 3.8) is 0 Å². The second kappa shape index (κ2) is 6.09. The van der Waals surface area contributed by atoms with Gasteiger partial charge in [0.05, 0.1) is 5.03 Å². The van der Waals surface area contributed by atoms with Gasteiger partial charge in [-0.15, -0.1) is 0 Å². The number of thioether (sulfide) groups is 1. The number of hydrogen-bond donors (Lipinski definition) is 1. The second-order valence-corrected chi connectivity index (χ2v) is 5.98. The first-order chi connectivity index (χ1) is 9.83. The average molecular weight is 284 g/mol. The van der Waals surface area contributed by atoms with E-state index < -0.39 is 0 Å². The second-order valence-electron chi connectivity index (χ2n) is 4.86. The van der Waals surface area contributed by atoms with E-state index in [0.717, 1.165) is 23.4 Å². The van der Waals surface area contributed by atoms with Gasteiger partial charge in [-0.2, -0.15) is 0 Å². The molecule has 1 aliphatic carbocycles. The molecule has 4 heteroatoms. The van der Waals surface area contributed by atoms with Gasteiger partial charge in [0, 0.05) is 12.2 Å². The summed E-state index contributed by atoms with van der Waals surface area (Å²) in [5.74, 6) is 0.0781. The molecule has 1 N–H and O–H groups in total. The molecule has 102 valence electrons. The third-order valence-electron chi connectivity index (χ3n) is 3.14. The SMILES string of the molecule is O=C(NC1CC1)[C@@H](Sc1ccccn1)c1ccccc1. The van der Waals surface area contributed by atoms with E-state index in [9.17, 15) is 4.79 Å². The third kappa shape index (κ3) is 3.39. The maximum absolute atomic E-state index is 12.4. The van der Waals surface area contributed by atoms with Crippen molar-refractivity contribution in [2.75, 3.05) is 0 Å². The van der Waals surface area contributed by atoms with Gasteiger partial charge in [-0.05, 0) is 30.5 Å². The van der Waals surface area contributed by atoms with E-state index in [-0.39, 0.29) is 11.2 Å². The highest BCUT2D eigenvalue weighted by Gasteiger charge is 2.29. The Morgan fingerprint density at radius 2 is 1.90 bits per heavy atom. The van der Waals surface area contributed by atoms with E-state index in [1.54, 1.807) is 6.20 Å². The minimum atomic E-state index is -0.244. The molecule has 3 rings (SSSR count). The predicted octanol–water partition coefficient (Wildman–Crippen LogP) is 3.19. The zero-order valence-corrected chi connectivity index (χ0v) is 11.8. The molecule has 1 heterocycles. The highest BCUT2D eigenvalue weighted by molar-refractivity contribution is 8.00. The van der Waals surface area contributed by atoms with Crippen LogP contribution < -0.4 is 5.32 Å². The van der Waals surface area contributed by atoms with E-state index in [2.05, 4.69) is 10.3 Å². The summed E-state index contributed by atoms with van der Waals surface area (Å²) in [5, 5.41) is 3.71. The molecule has 1 saturated carbocycles. The number of nitrogens with one attached hydrogen (secondary N) is 1. The summed E-state index contributed by atoms with van der Waals surface area (Å²) in [4.78, 5) is 16.7. The molecule has 0 radical (unpaired) electrons. The van der Waals surface area contributed by atoms with Crippen LogP contribution in [0.4, 0.5) is 0 Å². The number of benzene rings is 1. The van der Waals surface area contributed by atoms with Crippen molar-refractivity contribution in [3.8, 4) is 0 Å². The average Bonchev–Trinajstić information content (AvgIpc) is 3.30. The topological polar surface area (TPSA) is 42.0 Å². The maximum Gasteiger partial charge on any atom is 0.238 e. The van der Waals surface area contributed by atoms with Gasteiger partial charge in [0.2, 0.25) is 5.91 Å². The lowest BCUT2D eigenvalue weighted by Gasteiger charge is -2.16. The largest absolute Gasteiger partial charge is 0.352 e. The van der Waals surface area contributed by atoms with Gasteiger partial charge in [0.1, 0.15) is 5.25 Å². The van der Waals surface area contributed by atoms with Gasteiger partial charge >= 0.3 is 0 Å². The number of carbonyl (C=O) groups is 1. The number of nitrogens with zero attached hydrogens (tertiary/aromatic N) is 1. The Bertz CT molecular complexity index is 570. The van der Waals surface area contributed by atoms with Gasteiger partial charge in [-0.25, -0.2) is 4.98 Å². The smallest absolute Gasteiger partial charge is 0.238 e. The molecule has 3 nitrogen and oxygen atoms in total. The maximum atomic E-state index is 12.4. The predicted molar refractivity (Wildman–Crippen MR) is 80.4 cm³/mol. The van der Waals surface area contributed by atoms with Gasteiger partial charge in [-0.3, -0.25) is 4.79 Å². The Morgan fingerprint density at radius 3 is 2.55 bits per heavy atom. The van der Waals surface area contributed by atoms with Crippen molar-refractivity contribution in [3.05, 3.63) is 60.3 Å². The van der Waals surface area contributed by atoms with Crippen LogP contribution in [0.15, 0.2) is 59.8 Å². The quantitative estimate of drug-likeness (QED) is 0.857. The van der Waals surface area contributed by atoms with Crippen molar-refractivity contribution in [1.82, 2.24) is 10.3 Å². The van der Waals surface area contributed by atoms with E-state index in [1.807, 2.05) is 48.5 Å². The monoisotopic (exact) mass is 284 g/mol. The van der Waals surface area contributed by atoms with Crippen LogP contribution in [0, 0.1) is 0 Å². The van der Waals surface area contributed by atoms with Crippen LogP contribution in [-0.2, 0) is 4.79 Å².